The van der Waals surface area contributed by atoms with Crippen molar-refractivity contribution in [3.63, 3.8) is 0 Å². The van der Waals surface area contributed by atoms with Gasteiger partial charge in [0.05, 0.1) is 18.8 Å². The van der Waals surface area contributed by atoms with Gasteiger partial charge in [-0.1, -0.05) is 19.9 Å². The summed E-state index contributed by atoms with van der Waals surface area (Å²) in [5.74, 6) is 0.712. The Hall–Kier alpha value is -1.55. The summed E-state index contributed by atoms with van der Waals surface area (Å²) in [4.78, 5) is 12.5. The number of carbonyl (C=O) groups excluding carboxylic acids is 1. The molecular formula is C16H24N2O2. The Balaban J connectivity index is 2.15. The van der Waals surface area contributed by atoms with E-state index in [2.05, 4.69) is 24.5 Å². The lowest BCUT2D eigenvalue weighted by Gasteiger charge is -2.38. The van der Waals surface area contributed by atoms with Crippen LogP contribution in [-0.4, -0.2) is 25.6 Å². The molecule has 1 heterocycles. The molecule has 1 amide bonds. The van der Waals surface area contributed by atoms with Crippen LogP contribution in [0.25, 0.3) is 0 Å². The van der Waals surface area contributed by atoms with E-state index in [0.717, 1.165) is 30.6 Å². The third kappa shape index (κ3) is 3.12. The third-order valence-electron chi connectivity index (χ3n) is 4.00. The van der Waals surface area contributed by atoms with Gasteiger partial charge in [-0.05, 0) is 49.4 Å². The van der Waals surface area contributed by atoms with Gasteiger partial charge in [-0.3, -0.25) is 4.79 Å². The standard InChI is InChI=1S/C16H24N2O2/c1-11-6-7-12(13(10-11)20-4)18-15(19)14-16(2,3)8-5-9-17-14/h6-7,10,14,17H,5,8-9H2,1-4H3,(H,18,19). The number of carbonyl (C=O) groups is 1. The van der Waals surface area contributed by atoms with E-state index in [1.807, 2.05) is 25.1 Å². The SMILES string of the molecule is COc1cc(C)ccc1NC(=O)C1NCCCC1(C)C. The average Bonchev–Trinajstić information content (AvgIpc) is 2.40. The zero-order valence-electron chi connectivity index (χ0n) is 12.7. The van der Waals surface area contributed by atoms with Crippen molar-refractivity contribution in [3.05, 3.63) is 23.8 Å². The highest BCUT2D eigenvalue weighted by Crippen LogP contribution is 2.32. The van der Waals surface area contributed by atoms with E-state index in [4.69, 9.17) is 4.74 Å². The van der Waals surface area contributed by atoms with Crippen LogP contribution in [0.4, 0.5) is 5.69 Å². The molecule has 2 N–H and O–H groups in total. The van der Waals surface area contributed by atoms with E-state index in [1.54, 1.807) is 7.11 Å². The minimum Gasteiger partial charge on any atom is -0.495 e. The van der Waals surface area contributed by atoms with E-state index in [-0.39, 0.29) is 17.4 Å². The second kappa shape index (κ2) is 5.83. The van der Waals surface area contributed by atoms with Crippen molar-refractivity contribution in [2.45, 2.75) is 39.7 Å². The van der Waals surface area contributed by atoms with Crippen molar-refractivity contribution >= 4 is 11.6 Å². The molecule has 1 aliphatic heterocycles. The van der Waals surface area contributed by atoms with Crippen molar-refractivity contribution < 1.29 is 9.53 Å². The van der Waals surface area contributed by atoms with Gasteiger partial charge in [0.2, 0.25) is 5.91 Å². The Morgan fingerprint density at radius 3 is 2.85 bits per heavy atom. The van der Waals surface area contributed by atoms with E-state index in [0.29, 0.717) is 5.75 Å². The van der Waals surface area contributed by atoms with Crippen molar-refractivity contribution in [3.8, 4) is 5.75 Å². The fourth-order valence-electron chi connectivity index (χ4n) is 2.77. The fraction of sp³-hybridized carbons (Fsp3) is 0.562. The van der Waals surface area contributed by atoms with Gasteiger partial charge in [0.1, 0.15) is 5.75 Å². The Morgan fingerprint density at radius 1 is 1.45 bits per heavy atom. The first-order chi connectivity index (χ1) is 9.44. The maximum absolute atomic E-state index is 12.5. The molecule has 1 fully saturated rings. The maximum Gasteiger partial charge on any atom is 0.242 e. The van der Waals surface area contributed by atoms with E-state index >= 15 is 0 Å². The number of benzene rings is 1. The molecule has 0 bridgehead atoms. The van der Waals surface area contributed by atoms with Crippen molar-refractivity contribution in [2.24, 2.45) is 5.41 Å². The fourth-order valence-corrected chi connectivity index (χ4v) is 2.77. The highest BCUT2D eigenvalue weighted by atomic mass is 16.5. The summed E-state index contributed by atoms with van der Waals surface area (Å²) in [6.45, 7) is 7.16. The Morgan fingerprint density at radius 2 is 2.20 bits per heavy atom. The van der Waals surface area contributed by atoms with Crippen LogP contribution in [0.1, 0.15) is 32.3 Å². The minimum absolute atomic E-state index is 0.0110. The number of hydrogen-bond donors (Lipinski definition) is 2. The van der Waals surface area contributed by atoms with Gasteiger partial charge in [-0.2, -0.15) is 0 Å². The smallest absolute Gasteiger partial charge is 0.242 e. The number of hydrogen-bond acceptors (Lipinski definition) is 3. The predicted octanol–water partition coefficient (Wildman–Crippen LogP) is 2.72. The first-order valence-corrected chi connectivity index (χ1v) is 7.13. The Bertz CT molecular complexity index is 497. The van der Waals surface area contributed by atoms with E-state index < -0.39 is 0 Å². The first-order valence-electron chi connectivity index (χ1n) is 7.13. The molecular weight excluding hydrogens is 252 g/mol. The molecule has 4 heteroatoms. The van der Waals surface area contributed by atoms with Crippen LogP contribution in [0.15, 0.2) is 18.2 Å². The molecule has 1 unspecified atom stereocenters. The van der Waals surface area contributed by atoms with Crippen LogP contribution in [0.3, 0.4) is 0 Å². The van der Waals surface area contributed by atoms with Gasteiger partial charge in [0.25, 0.3) is 0 Å². The van der Waals surface area contributed by atoms with Gasteiger partial charge in [0.15, 0.2) is 0 Å². The molecule has 20 heavy (non-hydrogen) atoms. The summed E-state index contributed by atoms with van der Waals surface area (Å²) in [6.07, 6.45) is 2.17. The van der Waals surface area contributed by atoms with Crippen molar-refractivity contribution in [1.29, 1.82) is 0 Å². The van der Waals surface area contributed by atoms with Crippen LogP contribution in [0.5, 0.6) is 5.75 Å². The third-order valence-corrected chi connectivity index (χ3v) is 4.00. The first kappa shape index (κ1) is 14.9. The molecule has 0 aliphatic carbocycles. The highest BCUT2D eigenvalue weighted by molar-refractivity contribution is 5.96. The lowest BCUT2D eigenvalue weighted by Crippen LogP contribution is -2.53. The molecule has 1 aromatic carbocycles. The highest BCUT2D eigenvalue weighted by Gasteiger charge is 2.37. The van der Waals surface area contributed by atoms with E-state index in [1.165, 1.54) is 0 Å². The quantitative estimate of drug-likeness (QED) is 0.892. The maximum atomic E-state index is 12.5. The largest absolute Gasteiger partial charge is 0.495 e. The van der Waals surface area contributed by atoms with Crippen molar-refractivity contribution in [1.82, 2.24) is 5.32 Å². The molecule has 0 aromatic heterocycles. The zero-order valence-corrected chi connectivity index (χ0v) is 12.7. The summed E-state index contributed by atoms with van der Waals surface area (Å²) in [7, 11) is 1.62. The summed E-state index contributed by atoms with van der Waals surface area (Å²) >= 11 is 0. The number of amides is 1. The zero-order chi connectivity index (χ0) is 14.8. The predicted molar refractivity (Wildman–Crippen MR) is 81.2 cm³/mol. The number of ether oxygens (including phenoxy) is 1. The van der Waals surface area contributed by atoms with Crippen molar-refractivity contribution in [2.75, 3.05) is 19.0 Å². The number of piperidine rings is 1. The number of rotatable bonds is 3. The Labute approximate surface area is 120 Å². The second-order valence-corrected chi connectivity index (χ2v) is 6.17. The van der Waals surface area contributed by atoms with Gasteiger partial charge in [-0.15, -0.1) is 0 Å². The van der Waals surface area contributed by atoms with Gasteiger partial charge < -0.3 is 15.4 Å². The summed E-state index contributed by atoms with van der Waals surface area (Å²) in [5, 5.41) is 6.31. The average molecular weight is 276 g/mol. The van der Waals surface area contributed by atoms with Crippen LogP contribution in [-0.2, 0) is 4.79 Å². The Kier molecular flexibility index (Phi) is 4.33. The van der Waals surface area contributed by atoms with Crippen LogP contribution in [0.2, 0.25) is 0 Å². The normalized spacial score (nSPS) is 21.3. The van der Waals surface area contributed by atoms with Crippen LogP contribution in [0, 0.1) is 12.3 Å². The molecule has 110 valence electrons. The molecule has 0 saturated carbocycles. The lowest BCUT2D eigenvalue weighted by atomic mass is 9.77. The second-order valence-electron chi connectivity index (χ2n) is 6.17. The van der Waals surface area contributed by atoms with E-state index in [9.17, 15) is 4.79 Å². The monoisotopic (exact) mass is 276 g/mol. The molecule has 2 rings (SSSR count). The van der Waals surface area contributed by atoms with Gasteiger partial charge in [-0.25, -0.2) is 0 Å². The molecule has 1 atom stereocenters. The molecule has 1 aliphatic rings. The van der Waals surface area contributed by atoms with Gasteiger partial charge in [0, 0.05) is 0 Å². The molecule has 1 aromatic rings. The van der Waals surface area contributed by atoms with Crippen LogP contribution >= 0.6 is 0 Å². The number of anilines is 1. The lowest BCUT2D eigenvalue weighted by molar-refractivity contribution is -0.121. The summed E-state index contributed by atoms with van der Waals surface area (Å²) in [5.41, 5.74) is 1.81. The molecule has 0 radical (unpaired) electrons. The van der Waals surface area contributed by atoms with Crippen LogP contribution < -0.4 is 15.4 Å². The summed E-state index contributed by atoms with van der Waals surface area (Å²) in [6, 6.07) is 5.62. The molecule has 4 nitrogen and oxygen atoms in total. The molecule has 0 spiro atoms. The number of methoxy groups -OCH3 is 1. The van der Waals surface area contributed by atoms with Gasteiger partial charge >= 0.3 is 0 Å². The number of aryl methyl sites for hydroxylation is 1. The summed E-state index contributed by atoms with van der Waals surface area (Å²) < 4.78 is 5.33. The topological polar surface area (TPSA) is 50.4 Å². The number of nitrogens with one attached hydrogen (secondary N) is 2. The minimum atomic E-state index is -0.165. The molecule has 1 saturated heterocycles.